The lowest BCUT2D eigenvalue weighted by molar-refractivity contribution is 0.166. The first-order chi connectivity index (χ1) is 9.08. The molecule has 3 rings (SSSR count). The summed E-state index contributed by atoms with van der Waals surface area (Å²) in [6.07, 6.45) is 0.701. The van der Waals surface area contributed by atoms with Crippen LogP contribution in [0.1, 0.15) is 17.9 Å². The SMILES string of the molecule is Cc1ccc(-c2noc(C3(N)CCOC3)n2)cc1Br. The molecule has 0 amide bonds. The second-order valence-corrected chi connectivity index (χ2v) is 5.70. The van der Waals surface area contributed by atoms with Gasteiger partial charge in [-0.25, -0.2) is 0 Å². The highest BCUT2D eigenvalue weighted by Gasteiger charge is 2.38. The van der Waals surface area contributed by atoms with Crippen molar-refractivity contribution in [1.29, 1.82) is 0 Å². The molecule has 2 heterocycles. The molecule has 1 fully saturated rings. The van der Waals surface area contributed by atoms with E-state index in [4.69, 9.17) is 15.0 Å². The van der Waals surface area contributed by atoms with Crippen molar-refractivity contribution in [3.8, 4) is 11.4 Å². The lowest BCUT2D eigenvalue weighted by Crippen LogP contribution is -2.37. The lowest BCUT2D eigenvalue weighted by Gasteiger charge is -2.14. The van der Waals surface area contributed by atoms with Crippen LogP contribution in [0.25, 0.3) is 11.4 Å². The van der Waals surface area contributed by atoms with Gasteiger partial charge >= 0.3 is 0 Å². The highest BCUT2D eigenvalue weighted by Crippen LogP contribution is 2.29. The van der Waals surface area contributed by atoms with Crippen molar-refractivity contribution in [2.24, 2.45) is 5.73 Å². The summed E-state index contributed by atoms with van der Waals surface area (Å²) < 4.78 is 11.6. The maximum absolute atomic E-state index is 6.20. The highest BCUT2D eigenvalue weighted by molar-refractivity contribution is 9.10. The Labute approximate surface area is 119 Å². The predicted octanol–water partition coefficient (Wildman–Crippen LogP) is 2.38. The van der Waals surface area contributed by atoms with Crippen LogP contribution in [0, 0.1) is 6.92 Å². The van der Waals surface area contributed by atoms with Gasteiger partial charge in [0.2, 0.25) is 11.7 Å². The third-order valence-corrected chi connectivity index (χ3v) is 4.19. The molecule has 1 aromatic heterocycles. The molecule has 1 aromatic carbocycles. The topological polar surface area (TPSA) is 74.2 Å². The van der Waals surface area contributed by atoms with E-state index in [1.165, 1.54) is 0 Å². The fourth-order valence-electron chi connectivity index (χ4n) is 2.02. The van der Waals surface area contributed by atoms with Gasteiger partial charge in [0.1, 0.15) is 5.54 Å². The van der Waals surface area contributed by atoms with E-state index in [-0.39, 0.29) is 0 Å². The Hall–Kier alpha value is -1.24. The average Bonchev–Trinajstić information content (AvgIpc) is 3.02. The molecule has 6 heteroatoms. The molecule has 1 aliphatic rings. The van der Waals surface area contributed by atoms with Crippen LogP contribution in [0.2, 0.25) is 0 Å². The fourth-order valence-corrected chi connectivity index (χ4v) is 2.40. The summed E-state index contributed by atoms with van der Waals surface area (Å²) in [5.41, 5.74) is 7.61. The number of nitrogens with two attached hydrogens (primary N) is 1. The quantitative estimate of drug-likeness (QED) is 0.918. The van der Waals surface area contributed by atoms with E-state index < -0.39 is 5.54 Å². The van der Waals surface area contributed by atoms with Gasteiger partial charge in [-0.05, 0) is 25.0 Å². The summed E-state index contributed by atoms with van der Waals surface area (Å²) in [6, 6.07) is 5.94. The van der Waals surface area contributed by atoms with Crippen molar-refractivity contribution in [2.75, 3.05) is 13.2 Å². The van der Waals surface area contributed by atoms with Crippen molar-refractivity contribution < 1.29 is 9.26 Å². The van der Waals surface area contributed by atoms with Crippen molar-refractivity contribution >= 4 is 15.9 Å². The number of halogens is 1. The number of aryl methyl sites for hydroxylation is 1. The van der Waals surface area contributed by atoms with E-state index in [0.29, 0.717) is 31.3 Å². The molecule has 19 heavy (non-hydrogen) atoms. The lowest BCUT2D eigenvalue weighted by atomic mass is 10.0. The summed E-state index contributed by atoms with van der Waals surface area (Å²) >= 11 is 3.50. The van der Waals surface area contributed by atoms with Gasteiger partial charge in [0.15, 0.2) is 0 Å². The molecule has 1 unspecified atom stereocenters. The van der Waals surface area contributed by atoms with Crippen LogP contribution < -0.4 is 5.73 Å². The molecule has 0 aliphatic carbocycles. The first-order valence-electron chi connectivity index (χ1n) is 6.06. The molecule has 0 bridgehead atoms. The summed E-state index contributed by atoms with van der Waals surface area (Å²) in [6.45, 7) is 3.08. The minimum Gasteiger partial charge on any atom is -0.379 e. The molecule has 0 radical (unpaired) electrons. The molecular weight excluding hydrogens is 310 g/mol. The Kier molecular flexibility index (Phi) is 3.16. The first kappa shape index (κ1) is 12.8. The zero-order chi connectivity index (χ0) is 13.5. The van der Waals surface area contributed by atoms with Crippen LogP contribution in [0.5, 0.6) is 0 Å². The van der Waals surface area contributed by atoms with E-state index in [1.807, 2.05) is 25.1 Å². The smallest absolute Gasteiger partial charge is 0.249 e. The summed E-state index contributed by atoms with van der Waals surface area (Å²) in [5.74, 6) is 0.990. The molecule has 0 saturated carbocycles. The van der Waals surface area contributed by atoms with Crippen molar-refractivity contribution in [1.82, 2.24) is 10.1 Å². The van der Waals surface area contributed by atoms with Crippen LogP contribution in [0.4, 0.5) is 0 Å². The Morgan fingerprint density at radius 2 is 2.26 bits per heavy atom. The average molecular weight is 324 g/mol. The van der Waals surface area contributed by atoms with Gasteiger partial charge in [0.25, 0.3) is 0 Å². The van der Waals surface area contributed by atoms with E-state index in [0.717, 1.165) is 15.6 Å². The highest BCUT2D eigenvalue weighted by atomic mass is 79.9. The third kappa shape index (κ3) is 2.31. The van der Waals surface area contributed by atoms with Gasteiger partial charge in [-0.15, -0.1) is 0 Å². The van der Waals surface area contributed by atoms with Gasteiger partial charge in [-0.1, -0.05) is 33.2 Å². The molecule has 2 aromatic rings. The molecule has 2 N–H and O–H groups in total. The van der Waals surface area contributed by atoms with Crippen LogP contribution in [-0.2, 0) is 10.3 Å². The number of benzene rings is 1. The number of nitrogens with zero attached hydrogens (tertiary/aromatic N) is 2. The van der Waals surface area contributed by atoms with Gasteiger partial charge in [0, 0.05) is 16.6 Å². The second kappa shape index (κ2) is 4.70. The molecular formula is C13H14BrN3O2. The first-order valence-corrected chi connectivity index (χ1v) is 6.85. The predicted molar refractivity (Wildman–Crippen MR) is 73.5 cm³/mol. The Bertz CT molecular complexity index is 606. The Balaban J connectivity index is 1.94. The summed E-state index contributed by atoms with van der Waals surface area (Å²) in [4.78, 5) is 4.40. The second-order valence-electron chi connectivity index (χ2n) is 4.85. The normalized spacial score (nSPS) is 22.9. The minimum atomic E-state index is -0.646. The number of rotatable bonds is 2. The van der Waals surface area contributed by atoms with Gasteiger partial charge in [-0.3, -0.25) is 0 Å². The standard InChI is InChI=1S/C13H14BrN3O2/c1-8-2-3-9(6-10(8)14)11-16-12(19-17-11)13(15)4-5-18-7-13/h2-3,6H,4-5,7,15H2,1H3. The number of ether oxygens (including phenoxy) is 1. The van der Waals surface area contributed by atoms with Crippen molar-refractivity contribution in [3.63, 3.8) is 0 Å². The van der Waals surface area contributed by atoms with Crippen molar-refractivity contribution in [2.45, 2.75) is 18.9 Å². The summed E-state index contributed by atoms with van der Waals surface area (Å²) in [7, 11) is 0. The Morgan fingerprint density at radius 3 is 2.95 bits per heavy atom. The molecule has 100 valence electrons. The molecule has 1 atom stereocenters. The van der Waals surface area contributed by atoms with Crippen LogP contribution in [-0.4, -0.2) is 23.4 Å². The van der Waals surface area contributed by atoms with Crippen LogP contribution in [0.3, 0.4) is 0 Å². The largest absolute Gasteiger partial charge is 0.379 e. The molecule has 5 nitrogen and oxygen atoms in total. The monoisotopic (exact) mass is 323 g/mol. The van der Waals surface area contributed by atoms with Crippen LogP contribution in [0.15, 0.2) is 27.2 Å². The molecule has 0 spiro atoms. The van der Waals surface area contributed by atoms with Gasteiger partial charge in [-0.2, -0.15) is 4.98 Å². The minimum absolute atomic E-state index is 0.423. The Morgan fingerprint density at radius 1 is 1.42 bits per heavy atom. The maximum atomic E-state index is 6.20. The van der Waals surface area contributed by atoms with E-state index in [1.54, 1.807) is 0 Å². The van der Waals surface area contributed by atoms with Crippen molar-refractivity contribution in [3.05, 3.63) is 34.1 Å². The number of hydrogen-bond acceptors (Lipinski definition) is 5. The summed E-state index contributed by atoms with van der Waals surface area (Å²) in [5, 5.41) is 4.00. The number of hydrogen-bond donors (Lipinski definition) is 1. The van der Waals surface area contributed by atoms with E-state index in [9.17, 15) is 0 Å². The maximum Gasteiger partial charge on any atom is 0.249 e. The third-order valence-electron chi connectivity index (χ3n) is 3.33. The zero-order valence-corrected chi connectivity index (χ0v) is 12.1. The van der Waals surface area contributed by atoms with Gasteiger partial charge < -0.3 is 15.0 Å². The zero-order valence-electron chi connectivity index (χ0n) is 10.5. The van der Waals surface area contributed by atoms with Gasteiger partial charge in [0.05, 0.1) is 6.61 Å². The van der Waals surface area contributed by atoms with Crippen LogP contribution >= 0.6 is 15.9 Å². The molecule has 1 saturated heterocycles. The van der Waals surface area contributed by atoms with E-state index >= 15 is 0 Å². The molecule has 1 aliphatic heterocycles. The fraction of sp³-hybridized carbons (Fsp3) is 0.385. The van der Waals surface area contributed by atoms with E-state index in [2.05, 4.69) is 26.1 Å². The number of aromatic nitrogens is 2.